The molecule has 1 heterocycles. The minimum Gasteiger partial charge on any atom is -0.361 e. The van der Waals surface area contributed by atoms with Crippen LogP contribution >= 0.6 is 0 Å². The zero-order valence-electron chi connectivity index (χ0n) is 15.7. The number of H-pyrrole nitrogens is 1. The van der Waals surface area contributed by atoms with Crippen molar-refractivity contribution in [1.29, 1.82) is 0 Å². The number of hydrogen-bond donors (Lipinski definition) is 1. The fourth-order valence-electron chi connectivity index (χ4n) is 3.74. The predicted molar refractivity (Wildman–Crippen MR) is 111 cm³/mol. The first kappa shape index (κ1) is 19.3. The maximum Gasteiger partial charge on any atom is 0.151 e. The molecule has 3 nitrogen and oxygen atoms in total. The Morgan fingerprint density at radius 1 is 0.862 bits per heavy atom. The van der Waals surface area contributed by atoms with Gasteiger partial charge in [-0.15, -0.1) is 0 Å². The molecule has 1 N–H and O–H groups in total. The fourth-order valence-corrected chi connectivity index (χ4v) is 4.55. The van der Waals surface area contributed by atoms with Gasteiger partial charge in [-0.2, -0.15) is 0 Å². The van der Waals surface area contributed by atoms with Crippen LogP contribution in [0.1, 0.15) is 28.2 Å². The van der Waals surface area contributed by atoms with Gasteiger partial charge >= 0.3 is 0 Å². The summed E-state index contributed by atoms with van der Waals surface area (Å²) < 4.78 is 50.6. The topological polar surface area (TPSA) is 49.9 Å². The van der Waals surface area contributed by atoms with E-state index in [0.29, 0.717) is 5.56 Å². The average molecular weight is 411 g/mol. The summed E-state index contributed by atoms with van der Waals surface area (Å²) in [4.78, 5) is 3.21. The van der Waals surface area contributed by atoms with Crippen molar-refractivity contribution in [1.82, 2.24) is 4.98 Å². The number of para-hydroxylation sites is 1. The lowest BCUT2D eigenvalue weighted by Gasteiger charge is -2.18. The van der Waals surface area contributed by atoms with Crippen LogP contribution in [0.3, 0.4) is 0 Å². The highest BCUT2D eigenvalue weighted by molar-refractivity contribution is 7.89. The van der Waals surface area contributed by atoms with E-state index in [-0.39, 0.29) is 23.3 Å². The van der Waals surface area contributed by atoms with Crippen molar-refractivity contribution in [2.24, 2.45) is 0 Å². The van der Waals surface area contributed by atoms with Gasteiger partial charge in [0.2, 0.25) is 0 Å². The van der Waals surface area contributed by atoms with E-state index in [4.69, 9.17) is 0 Å². The van der Waals surface area contributed by atoms with E-state index in [2.05, 4.69) is 4.98 Å². The largest absolute Gasteiger partial charge is 0.361 e. The minimum absolute atomic E-state index is 0.0674. The van der Waals surface area contributed by atoms with Crippen molar-refractivity contribution < 1.29 is 17.2 Å². The monoisotopic (exact) mass is 411 g/mol. The lowest BCUT2D eigenvalue weighted by molar-refractivity contribution is 0.601. The molecule has 0 radical (unpaired) electrons. The van der Waals surface area contributed by atoms with Crippen LogP contribution in [0.25, 0.3) is 10.9 Å². The zero-order chi connectivity index (χ0) is 20.6. The van der Waals surface area contributed by atoms with Crippen molar-refractivity contribution in [3.05, 3.63) is 107 Å². The summed E-state index contributed by atoms with van der Waals surface area (Å²) in [5, 5.41) is 0.879. The van der Waals surface area contributed by atoms with E-state index in [1.807, 2.05) is 18.3 Å². The van der Waals surface area contributed by atoms with Crippen LogP contribution in [0.15, 0.2) is 72.9 Å². The van der Waals surface area contributed by atoms with Gasteiger partial charge in [-0.1, -0.05) is 42.5 Å². The number of rotatable bonds is 5. The molecule has 148 valence electrons. The number of benzene rings is 3. The van der Waals surface area contributed by atoms with E-state index in [0.717, 1.165) is 27.6 Å². The van der Waals surface area contributed by atoms with Gasteiger partial charge in [-0.05, 0) is 46.5 Å². The van der Waals surface area contributed by atoms with E-state index < -0.39 is 9.84 Å². The Labute approximate surface area is 167 Å². The number of hydrogen-bond acceptors (Lipinski definition) is 2. The van der Waals surface area contributed by atoms with Crippen LogP contribution in [0, 0.1) is 11.6 Å². The van der Waals surface area contributed by atoms with Gasteiger partial charge in [-0.3, -0.25) is 0 Å². The Bertz CT molecular complexity index is 1220. The summed E-state index contributed by atoms with van der Waals surface area (Å²) in [5.74, 6) is -0.998. The first-order chi connectivity index (χ1) is 13.8. The smallest absolute Gasteiger partial charge is 0.151 e. The van der Waals surface area contributed by atoms with Crippen LogP contribution in [0.2, 0.25) is 0 Å². The molecule has 4 rings (SSSR count). The van der Waals surface area contributed by atoms with Crippen molar-refractivity contribution in [2.75, 3.05) is 6.26 Å². The summed E-state index contributed by atoms with van der Waals surface area (Å²) in [6.45, 7) is 0. The first-order valence-electron chi connectivity index (χ1n) is 9.09. The molecular formula is C23H19F2NO2S. The summed E-state index contributed by atoms with van der Waals surface area (Å²) in [6.07, 6.45) is 3.04. The molecule has 3 aromatic carbocycles. The zero-order valence-corrected chi connectivity index (χ0v) is 16.5. The van der Waals surface area contributed by atoms with E-state index in [9.17, 15) is 17.2 Å². The highest BCUT2D eigenvalue weighted by Gasteiger charge is 2.22. The lowest BCUT2D eigenvalue weighted by atomic mass is 9.85. The van der Waals surface area contributed by atoms with Gasteiger partial charge in [0, 0.05) is 29.3 Å². The molecule has 0 aliphatic rings. The second-order valence-corrected chi connectivity index (χ2v) is 9.33. The van der Waals surface area contributed by atoms with E-state index in [1.54, 1.807) is 30.3 Å². The number of nitrogens with one attached hydrogen (secondary N) is 1. The normalized spacial score (nSPS) is 12.0. The fraction of sp³-hybridized carbons (Fsp3) is 0.130. The van der Waals surface area contributed by atoms with Crippen molar-refractivity contribution in [3.8, 4) is 0 Å². The van der Waals surface area contributed by atoms with Gasteiger partial charge in [-0.25, -0.2) is 17.2 Å². The van der Waals surface area contributed by atoms with Crippen LogP contribution in [0.5, 0.6) is 0 Å². The molecule has 0 unspecified atom stereocenters. The molecule has 0 fully saturated rings. The molecule has 0 saturated carbocycles. The van der Waals surface area contributed by atoms with Gasteiger partial charge in [0.25, 0.3) is 0 Å². The molecule has 0 saturated heterocycles. The second kappa shape index (κ2) is 7.44. The maximum atomic E-state index is 13.5. The van der Waals surface area contributed by atoms with Gasteiger partial charge in [0.15, 0.2) is 9.84 Å². The highest BCUT2D eigenvalue weighted by atomic mass is 32.2. The molecule has 29 heavy (non-hydrogen) atoms. The minimum atomic E-state index is -3.20. The third kappa shape index (κ3) is 4.07. The number of aromatic nitrogens is 1. The molecule has 0 spiro atoms. The van der Waals surface area contributed by atoms with Gasteiger partial charge in [0.05, 0.1) is 5.75 Å². The third-order valence-electron chi connectivity index (χ3n) is 4.97. The summed E-state index contributed by atoms with van der Waals surface area (Å²) in [7, 11) is -3.20. The lowest BCUT2D eigenvalue weighted by Crippen LogP contribution is -2.04. The number of aromatic amines is 1. The standard InChI is InChI=1S/C23H19F2NO2S/c1-29(27,28)14-17-3-2-4-20-21(13-26-23(17)20)22(15-5-9-18(24)10-6-15)16-7-11-19(25)12-8-16/h2-13,22,26H,14H2,1H3. The molecule has 0 atom stereocenters. The van der Waals surface area contributed by atoms with E-state index >= 15 is 0 Å². The number of halogens is 2. The summed E-state index contributed by atoms with van der Waals surface area (Å²) in [5.41, 5.74) is 4.06. The summed E-state index contributed by atoms with van der Waals surface area (Å²) in [6, 6.07) is 18.0. The maximum absolute atomic E-state index is 13.5. The van der Waals surface area contributed by atoms with E-state index in [1.165, 1.54) is 30.5 Å². The van der Waals surface area contributed by atoms with Crippen LogP contribution < -0.4 is 0 Å². The van der Waals surface area contributed by atoms with Crippen LogP contribution in [-0.4, -0.2) is 19.7 Å². The predicted octanol–water partition coefficient (Wildman–Crippen LogP) is 5.17. The Hall–Kier alpha value is -2.99. The third-order valence-corrected chi connectivity index (χ3v) is 5.80. The van der Waals surface area contributed by atoms with Gasteiger partial charge < -0.3 is 4.98 Å². The van der Waals surface area contributed by atoms with Crippen LogP contribution in [-0.2, 0) is 15.6 Å². The van der Waals surface area contributed by atoms with Crippen LogP contribution in [0.4, 0.5) is 8.78 Å². The van der Waals surface area contributed by atoms with Crippen molar-refractivity contribution in [2.45, 2.75) is 11.7 Å². The number of sulfone groups is 1. The molecule has 1 aromatic heterocycles. The first-order valence-corrected chi connectivity index (χ1v) is 11.2. The molecule has 6 heteroatoms. The second-order valence-electron chi connectivity index (χ2n) is 7.19. The average Bonchev–Trinajstić information content (AvgIpc) is 3.09. The molecule has 0 bridgehead atoms. The molecule has 0 amide bonds. The Morgan fingerprint density at radius 3 is 1.93 bits per heavy atom. The summed E-state index contributed by atoms with van der Waals surface area (Å²) >= 11 is 0. The van der Waals surface area contributed by atoms with Crippen molar-refractivity contribution >= 4 is 20.7 Å². The molecule has 0 aliphatic heterocycles. The number of fused-ring (bicyclic) bond motifs is 1. The SMILES string of the molecule is CS(=O)(=O)Cc1cccc2c(C(c3ccc(F)cc3)c3ccc(F)cc3)c[nH]c12. The van der Waals surface area contributed by atoms with Gasteiger partial charge in [0.1, 0.15) is 11.6 Å². The highest BCUT2D eigenvalue weighted by Crippen LogP contribution is 2.37. The Kier molecular flexibility index (Phi) is 4.96. The Balaban J connectivity index is 1.91. The molecule has 4 aromatic rings. The molecular weight excluding hydrogens is 392 g/mol. The quantitative estimate of drug-likeness (QED) is 0.493. The van der Waals surface area contributed by atoms with Crippen molar-refractivity contribution in [3.63, 3.8) is 0 Å². The molecule has 0 aliphatic carbocycles. The Morgan fingerprint density at radius 2 is 1.41 bits per heavy atom.